The molecule has 1 N–H and O–H groups in total. The van der Waals surface area contributed by atoms with E-state index in [0.717, 1.165) is 0 Å². The molecule has 146 valence electrons. The third kappa shape index (κ3) is 3.98. The molecule has 0 bridgehead atoms. The Kier molecular flexibility index (Phi) is 5.52. The Balaban J connectivity index is 1.62. The Morgan fingerprint density at radius 1 is 1.22 bits per heavy atom. The monoisotopic (exact) mass is 393 g/mol. The van der Waals surface area contributed by atoms with E-state index in [1.807, 2.05) is 0 Å². The van der Waals surface area contributed by atoms with E-state index in [9.17, 15) is 13.2 Å². The van der Waals surface area contributed by atoms with E-state index < -0.39 is 10.0 Å². The van der Waals surface area contributed by atoms with Crippen LogP contribution in [0.5, 0.6) is 5.75 Å². The van der Waals surface area contributed by atoms with E-state index >= 15 is 0 Å². The molecule has 0 aliphatic carbocycles. The summed E-state index contributed by atoms with van der Waals surface area (Å²) < 4.78 is 37.1. The van der Waals surface area contributed by atoms with Gasteiger partial charge in [-0.05, 0) is 51.0 Å². The molecule has 0 saturated carbocycles. The minimum atomic E-state index is -3.56. The third-order valence-electron chi connectivity index (χ3n) is 4.75. The van der Waals surface area contributed by atoms with Crippen LogP contribution in [0.4, 0.5) is 0 Å². The summed E-state index contributed by atoms with van der Waals surface area (Å²) in [6.07, 6.45) is 1.09. The molecule has 1 aliphatic heterocycles. The maximum atomic E-state index is 12.8. The van der Waals surface area contributed by atoms with Crippen LogP contribution in [0, 0.1) is 13.8 Å². The zero-order valence-corrected chi connectivity index (χ0v) is 16.4. The highest BCUT2D eigenvalue weighted by molar-refractivity contribution is 7.89. The molecule has 1 fully saturated rings. The highest BCUT2D eigenvalue weighted by Crippen LogP contribution is 2.23. The lowest BCUT2D eigenvalue weighted by Gasteiger charge is -2.31. The average Bonchev–Trinajstić information content (AvgIpc) is 3.00. The highest BCUT2D eigenvalue weighted by Gasteiger charge is 2.30. The number of carbonyl (C=O) groups is 1. The standard InChI is InChI=1S/C18H23N3O5S/c1-12-17(13(2)26-20-12)18(22)19-14-8-10-21(11-9-14)27(23,24)16-6-4-15(25-3)5-7-16/h4-7,14H,8-11H2,1-3H3,(H,19,22). The van der Waals surface area contributed by atoms with Gasteiger partial charge in [0.2, 0.25) is 10.0 Å². The molecule has 27 heavy (non-hydrogen) atoms. The second-order valence-corrected chi connectivity index (χ2v) is 8.46. The predicted molar refractivity (Wildman–Crippen MR) is 98.2 cm³/mol. The summed E-state index contributed by atoms with van der Waals surface area (Å²) >= 11 is 0. The van der Waals surface area contributed by atoms with Crippen LogP contribution in [-0.2, 0) is 10.0 Å². The summed E-state index contributed by atoms with van der Waals surface area (Å²) in [7, 11) is -2.02. The number of nitrogens with zero attached hydrogens (tertiary/aromatic N) is 2. The quantitative estimate of drug-likeness (QED) is 0.832. The lowest BCUT2D eigenvalue weighted by atomic mass is 10.1. The lowest BCUT2D eigenvalue weighted by molar-refractivity contribution is 0.0922. The van der Waals surface area contributed by atoms with Crippen LogP contribution in [0.25, 0.3) is 0 Å². The van der Waals surface area contributed by atoms with Crippen molar-refractivity contribution in [3.63, 3.8) is 0 Å². The number of hydrogen-bond donors (Lipinski definition) is 1. The molecule has 1 aromatic carbocycles. The van der Waals surface area contributed by atoms with Gasteiger partial charge in [-0.2, -0.15) is 4.31 Å². The predicted octanol–water partition coefficient (Wildman–Crippen LogP) is 1.88. The molecule has 2 heterocycles. The highest BCUT2D eigenvalue weighted by atomic mass is 32.2. The van der Waals surface area contributed by atoms with Gasteiger partial charge < -0.3 is 14.6 Å². The average molecular weight is 393 g/mol. The molecule has 1 aliphatic rings. The summed E-state index contributed by atoms with van der Waals surface area (Å²) in [5.74, 6) is 0.849. The van der Waals surface area contributed by atoms with Crippen molar-refractivity contribution in [3.8, 4) is 5.75 Å². The zero-order valence-electron chi connectivity index (χ0n) is 15.6. The molecule has 2 aromatic rings. The molecular formula is C18H23N3O5S. The fourth-order valence-corrected chi connectivity index (χ4v) is 4.67. The number of methoxy groups -OCH3 is 1. The van der Waals surface area contributed by atoms with E-state index in [1.165, 1.54) is 11.4 Å². The fraction of sp³-hybridized carbons (Fsp3) is 0.444. The van der Waals surface area contributed by atoms with Crippen LogP contribution in [0.3, 0.4) is 0 Å². The summed E-state index contributed by atoms with van der Waals surface area (Å²) in [6.45, 7) is 4.11. The molecule has 0 spiro atoms. The molecule has 0 unspecified atom stereocenters. The van der Waals surface area contributed by atoms with Crippen molar-refractivity contribution in [2.45, 2.75) is 37.6 Å². The van der Waals surface area contributed by atoms with E-state index in [2.05, 4.69) is 10.5 Å². The molecule has 0 atom stereocenters. The molecule has 8 nitrogen and oxygen atoms in total. The second-order valence-electron chi connectivity index (χ2n) is 6.53. The van der Waals surface area contributed by atoms with Crippen molar-refractivity contribution in [3.05, 3.63) is 41.3 Å². The fourth-order valence-electron chi connectivity index (χ4n) is 3.20. The summed E-state index contributed by atoms with van der Waals surface area (Å²) in [5.41, 5.74) is 0.993. The van der Waals surface area contributed by atoms with Gasteiger partial charge in [-0.3, -0.25) is 4.79 Å². The van der Waals surface area contributed by atoms with Crippen LogP contribution in [-0.4, -0.2) is 50.0 Å². The van der Waals surface area contributed by atoms with Gasteiger partial charge in [-0.1, -0.05) is 5.16 Å². The number of nitrogens with one attached hydrogen (secondary N) is 1. The number of rotatable bonds is 5. The Bertz CT molecular complexity index is 893. The first-order valence-corrected chi connectivity index (χ1v) is 10.1. The topological polar surface area (TPSA) is 102 Å². The SMILES string of the molecule is COc1ccc(S(=O)(=O)N2CCC(NC(=O)c3c(C)noc3C)CC2)cc1. The van der Waals surface area contributed by atoms with Crippen molar-refractivity contribution in [1.82, 2.24) is 14.8 Å². The summed E-state index contributed by atoms with van der Waals surface area (Å²) in [5, 5.41) is 6.74. The van der Waals surface area contributed by atoms with Gasteiger partial charge in [0.1, 0.15) is 17.1 Å². The van der Waals surface area contributed by atoms with Gasteiger partial charge >= 0.3 is 0 Å². The molecule has 9 heteroatoms. The third-order valence-corrected chi connectivity index (χ3v) is 6.66. The van der Waals surface area contributed by atoms with Gasteiger partial charge in [0, 0.05) is 19.1 Å². The van der Waals surface area contributed by atoms with Crippen molar-refractivity contribution in [2.75, 3.05) is 20.2 Å². The van der Waals surface area contributed by atoms with Crippen molar-refractivity contribution in [2.24, 2.45) is 0 Å². The first-order chi connectivity index (χ1) is 12.8. The Labute approximate surface area is 158 Å². The molecule has 1 aromatic heterocycles. The Morgan fingerprint density at radius 2 is 1.85 bits per heavy atom. The molecule has 0 radical (unpaired) electrons. The number of aromatic nitrogens is 1. The number of ether oxygens (including phenoxy) is 1. The van der Waals surface area contributed by atoms with Crippen molar-refractivity contribution >= 4 is 15.9 Å². The largest absolute Gasteiger partial charge is 0.497 e. The lowest BCUT2D eigenvalue weighted by Crippen LogP contribution is -2.46. The molecule has 1 saturated heterocycles. The van der Waals surface area contributed by atoms with Crippen molar-refractivity contribution in [1.29, 1.82) is 0 Å². The first kappa shape index (κ1) is 19.4. The number of piperidine rings is 1. The van der Waals surface area contributed by atoms with Crippen molar-refractivity contribution < 1.29 is 22.5 Å². The van der Waals surface area contributed by atoms with E-state index in [-0.39, 0.29) is 16.8 Å². The van der Waals surface area contributed by atoms with E-state index in [0.29, 0.717) is 48.7 Å². The molecule has 3 rings (SSSR count). The smallest absolute Gasteiger partial charge is 0.257 e. The minimum Gasteiger partial charge on any atom is -0.497 e. The van der Waals surface area contributed by atoms with Gasteiger partial charge in [-0.25, -0.2) is 8.42 Å². The zero-order chi connectivity index (χ0) is 19.6. The Hall–Kier alpha value is -2.39. The molecule has 1 amide bonds. The van der Waals surface area contributed by atoms with Crippen LogP contribution < -0.4 is 10.1 Å². The number of hydrogen-bond acceptors (Lipinski definition) is 6. The Morgan fingerprint density at radius 3 is 2.37 bits per heavy atom. The second kappa shape index (κ2) is 7.69. The number of aryl methyl sites for hydroxylation is 2. The maximum absolute atomic E-state index is 12.8. The minimum absolute atomic E-state index is 0.0893. The van der Waals surface area contributed by atoms with E-state index in [4.69, 9.17) is 9.26 Å². The van der Waals surface area contributed by atoms with Gasteiger partial charge in [0.05, 0.1) is 17.7 Å². The maximum Gasteiger partial charge on any atom is 0.257 e. The first-order valence-electron chi connectivity index (χ1n) is 8.71. The summed E-state index contributed by atoms with van der Waals surface area (Å²) in [6, 6.07) is 6.25. The van der Waals surface area contributed by atoms with Crippen LogP contribution in [0.2, 0.25) is 0 Å². The molecular weight excluding hydrogens is 370 g/mol. The van der Waals surface area contributed by atoms with E-state index in [1.54, 1.807) is 38.1 Å². The van der Waals surface area contributed by atoms with Crippen LogP contribution >= 0.6 is 0 Å². The normalized spacial score (nSPS) is 16.3. The van der Waals surface area contributed by atoms with Gasteiger partial charge in [0.15, 0.2) is 0 Å². The summed E-state index contributed by atoms with van der Waals surface area (Å²) in [4.78, 5) is 12.7. The van der Waals surface area contributed by atoms with Crippen LogP contribution in [0.15, 0.2) is 33.7 Å². The number of benzene rings is 1. The number of amides is 1. The van der Waals surface area contributed by atoms with Crippen LogP contribution in [0.1, 0.15) is 34.7 Å². The van der Waals surface area contributed by atoms with Gasteiger partial charge in [-0.15, -0.1) is 0 Å². The number of carbonyl (C=O) groups excluding carboxylic acids is 1. The number of sulfonamides is 1. The van der Waals surface area contributed by atoms with Gasteiger partial charge in [0.25, 0.3) is 5.91 Å².